The Morgan fingerprint density at radius 1 is 1.47 bits per heavy atom. The molecule has 1 aliphatic carbocycles. The van der Waals surface area contributed by atoms with Gasteiger partial charge in [0.2, 0.25) is 5.91 Å². The van der Waals surface area contributed by atoms with Crippen molar-refractivity contribution in [1.82, 2.24) is 15.0 Å². The number of morpholine rings is 1. The molecule has 3 rings (SSSR count). The fourth-order valence-corrected chi connectivity index (χ4v) is 2.61. The summed E-state index contributed by atoms with van der Waals surface area (Å²) in [5.41, 5.74) is 0.130. The van der Waals surface area contributed by atoms with Gasteiger partial charge >= 0.3 is 0 Å². The Kier molecular flexibility index (Phi) is 2.85. The van der Waals surface area contributed by atoms with Gasteiger partial charge in [-0.05, 0) is 18.8 Å². The highest BCUT2D eigenvalue weighted by molar-refractivity contribution is 5.83. The van der Waals surface area contributed by atoms with E-state index in [-0.39, 0.29) is 23.3 Å². The molecule has 0 unspecified atom stereocenters. The van der Waals surface area contributed by atoms with E-state index >= 15 is 0 Å². The third-order valence-corrected chi connectivity index (χ3v) is 4.05. The molecule has 0 N–H and O–H groups in total. The summed E-state index contributed by atoms with van der Waals surface area (Å²) in [7, 11) is 0. The molecule has 1 saturated carbocycles. The van der Waals surface area contributed by atoms with Crippen molar-refractivity contribution < 1.29 is 14.1 Å². The lowest BCUT2D eigenvalue weighted by Crippen LogP contribution is -2.44. The second-order valence-corrected chi connectivity index (χ2v) is 6.05. The van der Waals surface area contributed by atoms with Crippen molar-refractivity contribution in [2.45, 2.75) is 33.2 Å². The number of carbonyl (C=O) groups is 1. The molecule has 2 heterocycles. The zero-order valence-electron chi connectivity index (χ0n) is 11.5. The second kappa shape index (κ2) is 4.30. The molecule has 1 amide bonds. The molecular weight excluding hydrogens is 246 g/mol. The number of carbonyl (C=O) groups excluding carboxylic acids is 1. The summed E-state index contributed by atoms with van der Waals surface area (Å²) in [6.07, 6.45) is 0.957. The van der Waals surface area contributed by atoms with Crippen molar-refractivity contribution >= 4 is 5.91 Å². The molecule has 1 aliphatic heterocycles. The predicted octanol–water partition coefficient (Wildman–Crippen LogP) is 1.32. The van der Waals surface area contributed by atoms with Gasteiger partial charge in [0.05, 0.1) is 13.2 Å². The molecular formula is C13H19N3O3. The summed E-state index contributed by atoms with van der Waals surface area (Å²) >= 11 is 0. The van der Waals surface area contributed by atoms with Crippen LogP contribution in [0.3, 0.4) is 0 Å². The second-order valence-electron chi connectivity index (χ2n) is 6.05. The molecule has 1 saturated heterocycles. The Labute approximate surface area is 112 Å². The van der Waals surface area contributed by atoms with Gasteiger partial charge in [-0.1, -0.05) is 19.0 Å². The number of amides is 1. The monoisotopic (exact) mass is 265 g/mol. The van der Waals surface area contributed by atoms with Crippen LogP contribution in [0.1, 0.15) is 38.0 Å². The molecule has 0 radical (unpaired) electrons. The fraction of sp³-hybridized carbons (Fsp3) is 0.769. The van der Waals surface area contributed by atoms with Gasteiger partial charge in [-0.15, -0.1) is 0 Å². The number of ether oxygens (including phenoxy) is 1. The Bertz CT molecular complexity index is 497. The normalized spacial score (nSPS) is 29.3. The van der Waals surface area contributed by atoms with E-state index in [1.165, 1.54) is 0 Å². The number of hydrogen-bond donors (Lipinski definition) is 0. The zero-order valence-corrected chi connectivity index (χ0v) is 11.5. The summed E-state index contributed by atoms with van der Waals surface area (Å²) in [6.45, 7) is 7.62. The first-order valence-corrected chi connectivity index (χ1v) is 6.67. The standard InChI is InChI=1S/C13H19N3O3/c1-8-14-11(19-15-8)10-7-18-5-4-16(10)12(17)9-6-13(9,2)3/h9-10H,4-7H2,1-3H3/t9-,10+/m0/s1. The Hall–Kier alpha value is -1.43. The molecule has 0 bridgehead atoms. The van der Waals surface area contributed by atoms with Gasteiger partial charge in [-0.2, -0.15) is 4.98 Å². The highest BCUT2D eigenvalue weighted by Crippen LogP contribution is 2.53. The summed E-state index contributed by atoms with van der Waals surface area (Å²) in [5, 5.41) is 3.80. The van der Waals surface area contributed by atoms with E-state index in [0.717, 1.165) is 6.42 Å². The molecule has 6 heteroatoms. The van der Waals surface area contributed by atoms with E-state index in [1.807, 2.05) is 4.90 Å². The maximum atomic E-state index is 12.5. The van der Waals surface area contributed by atoms with Crippen LogP contribution in [-0.2, 0) is 9.53 Å². The minimum absolute atomic E-state index is 0.122. The highest BCUT2D eigenvalue weighted by Gasteiger charge is 2.53. The smallest absolute Gasteiger partial charge is 0.251 e. The first-order chi connectivity index (χ1) is 8.99. The van der Waals surface area contributed by atoms with Crippen LogP contribution in [0, 0.1) is 18.3 Å². The number of aryl methyl sites for hydroxylation is 1. The third kappa shape index (κ3) is 2.25. The van der Waals surface area contributed by atoms with Crippen molar-refractivity contribution in [3.63, 3.8) is 0 Å². The zero-order chi connectivity index (χ0) is 13.6. The van der Waals surface area contributed by atoms with Crippen LogP contribution in [0.2, 0.25) is 0 Å². The molecule has 0 aromatic carbocycles. The van der Waals surface area contributed by atoms with E-state index < -0.39 is 0 Å². The first kappa shape index (κ1) is 12.6. The number of hydrogen-bond acceptors (Lipinski definition) is 5. The van der Waals surface area contributed by atoms with Crippen molar-refractivity contribution in [2.75, 3.05) is 19.8 Å². The van der Waals surface area contributed by atoms with Crippen molar-refractivity contribution in [2.24, 2.45) is 11.3 Å². The Morgan fingerprint density at radius 3 is 2.79 bits per heavy atom. The van der Waals surface area contributed by atoms with Gasteiger partial charge in [-0.25, -0.2) is 0 Å². The van der Waals surface area contributed by atoms with E-state index in [1.54, 1.807) is 6.92 Å². The molecule has 2 fully saturated rings. The van der Waals surface area contributed by atoms with Crippen LogP contribution < -0.4 is 0 Å². The van der Waals surface area contributed by atoms with Crippen LogP contribution in [0.15, 0.2) is 4.52 Å². The predicted molar refractivity (Wildman–Crippen MR) is 66.2 cm³/mol. The lowest BCUT2D eigenvalue weighted by atomic mass is 10.1. The summed E-state index contributed by atoms with van der Waals surface area (Å²) in [6, 6.07) is -0.237. The maximum Gasteiger partial charge on any atom is 0.251 e. The van der Waals surface area contributed by atoms with Gasteiger partial charge in [-0.3, -0.25) is 4.79 Å². The van der Waals surface area contributed by atoms with E-state index in [4.69, 9.17) is 9.26 Å². The Balaban J connectivity index is 1.80. The van der Waals surface area contributed by atoms with Crippen molar-refractivity contribution in [3.05, 3.63) is 11.7 Å². The average Bonchev–Trinajstić information content (AvgIpc) is 2.82. The maximum absolute atomic E-state index is 12.5. The largest absolute Gasteiger partial charge is 0.377 e. The van der Waals surface area contributed by atoms with Crippen LogP contribution in [0.5, 0.6) is 0 Å². The van der Waals surface area contributed by atoms with Crippen LogP contribution in [-0.4, -0.2) is 40.7 Å². The number of rotatable bonds is 2. The van der Waals surface area contributed by atoms with Gasteiger partial charge in [0.1, 0.15) is 6.04 Å². The van der Waals surface area contributed by atoms with E-state index in [2.05, 4.69) is 24.0 Å². The van der Waals surface area contributed by atoms with Gasteiger partial charge < -0.3 is 14.2 Å². The first-order valence-electron chi connectivity index (χ1n) is 6.67. The number of aromatic nitrogens is 2. The lowest BCUT2D eigenvalue weighted by Gasteiger charge is -2.33. The van der Waals surface area contributed by atoms with Gasteiger partial charge in [0.25, 0.3) is 5.89 Å². The number of nitrogens with zero attached hydrogens (tertiary/aromatic N) is 3. The minimum atomic E-state index is -0.237. The summed E-state index contributed by atoms with van der Waals surface area (Å²) in [4.78, 5) is 18.6. The van der Waals surface area contributed by atoms with Crippen molar-refractivity contribution in [1.29, 1.82) is 0 Å². The van der Waals surface area contributed by atoms with Gasteiger partial charge in [0, 0.05) is 12.5 Å². The highest BCUT2D eigenvalue weighted by atomic mass is 16.5. The average molecular weight is 265 g/mol. The van der Waals surface area contributed by atoms with Crippen LogP contribution >= 0.6 is 0 Å². The quantitative estimate of drug-likeness (QED) is 0.806. The van der Waals surface area contributed by atoms with Gasteiger partial charge in [0.15, 0.2) is 5.82 Å². The van der Waals surface area contributed by atoms with Crippen molar-refractivity contribution in [3.8, 4) is 0 Å². The SMILES string of the molecule is Cc1noc([C@H]2COCCN2C(=O)[C@@H]2CC2(C)C)n1. The third-order valence-electron chi connectivity index (χ3n) is 4.05. The molecule has 1 aromatic rings. The molecule has 6 nitrogen and oxygen atoms in total. The van der Waals surface area contributed by atoms with E-state index in [9.17, 15) is 4.79 Å². The molecule has 104 valence electrons. The minimum Gasteiger partial charge on any atom is -0.377 e. The molecule has 0 spiro atoms. The molecule has 2 aliphatic rings. The molecule has 1 aromatic heterocycles. The lowest BCUT2D eigenvalue weighted by molar-refractivity contribution is -0.143. The van der Waals surface area contributed by atoms with E-state index in [0.29, 0.717) is 31.5 Å². The fourth-order valence-electron chi connectivity index (χ4n) is 2.61. The molecule has 19 heavy (non-hydrogen) atoms. The van der Waals surface area contributed by atoms with Crippen LogP contribution in [0.4, 0.5) is 0 Å². The summed E-state index contributed by atoms with van der Waals surface area (Å²) in [5.74, 6) is 1.37. The Morgan fingerprint density at radius 2 is 2.21 bits per heavy atom. The summed E-state index contributed by atoms with van der Waals surface area (Å²) < 4.78 is 10.7. The topological polar surface area (TPSA) is 68.5 Å². The van der Waals surface area contributed by atoms with Crippen LogP contribution in [0.25, 0.3) is 0 Å². The molecule has 2 atom stereocenters.